The van der Waals surface area contributed by atoms with E-state index in [0.717, 1.165) is 12.1 Å². The molecule has 0 aliphatic rings. The molecule has 31 heavy (non-hydrogen) atoms. The largest absolute Gasteiger partial charge is 0.573 e. The van der Waals surface area contributed by atoms with Gasteiger partial charge in [0.25, 0.3) is 0 Å². The minimum absolute atomic E-state index is 0. The summed E-state index contributed by atoms with van der Waals surface area (Å²) in [7, 11) is 1.35. The third kappa shape index (κ3) is 8.15. The quantitative estimate of drug-likeness (QED) is 0.164. The fourth-order valence-electron chi connectivity index (χ4n) is 2.25. The zero-order valence-electron chi connectivity index (χ0n) is 15.8. The predicted octanol–water partition coefficient (Wildman–Crippen LogP) is 3.92. The van der Waals surface area contributed by atoms with Crippen molar-refractivity contribution in [2.45, 2.75) is 12.9 Å². The fourth-order valence-corrected chi connectivity index (χ4v) is 2.25. The number of hydrogen-bond acceptors (Lipinski definition) is 3. The number of carbonyl (C=O) groups excluding carboxylic acids is 1. The molecule has 6 nitrogen and oxygen atoms in total. The van der Waals surface area contributed by atoms with Crippen LogP contribution in [0.5, 0.6) is 5.75 Å². The van der Waals surface area contributed by atoms with Crippen molar-refractivity contribution in [1.29, 1.82) is 0 Å². The molecule has 0 saturated heterocycles. The van der Waals surface area contributed by atoms with E-state index in [1.165, 1.54) is 25.2 Å². The van der Waals surface area contributed by atoms with Crippen LogP contribution >= 0.6 is 24.0 Å². The Hall–Kier alpha value is -2.71. The van der Waals surface area contributed by atoms with Gasteiger partial charge in [0.15, 0.2) is 23.4 Å². The van der Waals surface area contributed by atoms with Gasteiger partial charge in [0.1, 0.15) is 5.75 Å². The lowest BCUT2D eigenvalue weighted by atomic mass is 10.2. The Morgan fingerprint density at radius 2 is 1.71 bits per heavy atom. The van der Waals surface area contributed by atoms with Crippen molar-refractivity contribution in [3.05, 3.63) is 59.4 Å². The zero-order valence-corrected chi connectivity index (χ0v) is 18.1. The van der Waals surface area contributed by atoms with E-state index in [9.17, 15) is 31.1 Å². The Morgan fingerprint density at radius 1 is 1.03 bits per heavy atom. The van der Waals surface area contributed by atoms with Gasteiger partial charge in [-0.2, -0.15) is 0 Å². The number of halogens is 7. The first-order chi connectivity index (χ1) is 14.1. The minimum Gasteiger partial charge on any atom is -0.405 e. The molecule has 0 bridgehead atoms. The summed E-state index contributed by atoms with van der Waals surface area (Å²) < 4.78 is 81.0. The molecule has 0 aromatic heterocycles. The summed E-state index contributed by atoms with van der Waals surface area (Å²) in [6, 6.07) is 6.95. The number of ether oxygens (including phenoxy) is 1. The van der Waals surface area contributed by atoms with Crippen LogP contribution in [-0.2, 0) is 11.3 Å². The molecule has 0 unspecified atom stereocenters. The van der Waals surface area contributed by atoms with Crippen LogP contribution in [-0.4, -0.2) is 31.8 Å². The number of alkyl halides is 3. The van der Waals surface area contributed by atoms with E-state index in [0.29, 0.717) is 6.07 Å². The number of carbonyl (C=O) groups is 1. The summed E-state index contributed by atoms with van der Waals surface area (Å²) in [5.41, 5.74) is -0.382. The van der Waals surface area contributed by atoms with Crippen LogP contribution in [0.15, 0.2) is 41.4 Å². The van der Waals surface area contributed by atoms with E-state index in [4.69, 9.17) is 0 Å². The van der Waals surface area contributed by atoms with Crippen molar-refractivity contribution in [3.8, 4) is 5.75 Å². The number of para-hydroxylation sites is 1. The molecule has 2 aromatic carbocycles. The van der Waals surface area contributed by atoms with Crippen molar-refractivity contribution < 1.29 is 35.9 Å². The maximum atomic E-state index is 13.6. The summed E-state index contributed by atoms with van der Waals surface area (Å²) in [5, 5.41) is 7.29. The van der Waals surface area contributed by atoms with Gasteiger partial charge in [-0.1, -0.05) is 18.2 Å². The molecule has 0 saturated carbocycles. The van der Waals surface area contributed by atoms with Gasteiger partial charge < -0.3 is 20.7 Å². The van der Waals surface area contributed by atoms with Gasteiger partial charge in [-0.15, -0.1) is 37.1 Å². The van der Waals surface area contributed by atoms with Crippen molar-refractivity contribution in [3.63, 3.8) is 0 Å². The van der Waals surface area contributed by atoms with Crippen molar-refractivity contribution in [2.24, 2.45) is 4.99 Å². The molecule has 0 spiro atoms. The Balaban J connectivity index is 0.00000480. The van der Waals surface area contributed by atoms with Crippen LogP contribution in [0.4, 0.5) is 32.0 Å². The van der Waals surface area contributed by atoms with Gasteiger partial charge >= 0.3 is 6.36 Å². The number of rotatable bonds is 6. The number of hydrogen-bond donors (Lipinski definition) is 3. The van der Waals surface area contributed by atoms with E-state index in [2.05, 4.69) is 25.7 Å². The monoisotopic (exact) mass is 562 g/mol. The molecule has 3 N–H and O–H groups in total. The third-order valence-electron chi connectivity index (χ3n) is 3.59. The molecule has 0 fully saturated rings. The molecule has 0 aliphatic heterocycles. The maximum Gasteiger partial charge on any atom is 0.573 e. The van der Waals surface area contributed by atoms with Crippen LogP contribution < -0.4 is 20.7 Å². The van der Waals surface area contributed by atoms with Crippen LogP contribution in [0, 0.1) is 17.5 Å². The number of benzene rings is 2. The van der Waals surface area contributed by atoms with E-state index in [1.54, 1.807) is 0 Å². The highest BCUT2D eigenvalue weighted by Crippen LogP contribution is 2.26. The van der Waals surface area contributed by atoms with Crippen LogP contribution in [0.25, 0.3) is 0 Å². The summed E-state index contributed by atoms with van der Waals surface area (Å²) in [6.45, 7) is -0.565. The van der Waals surface area contributed by atoms with E-state index in [-0.39, 0.29) is 42.0 Å². The molecule has 0 atom stereocenters. The highest BCUT2D eigenvalue weighted by molar-refractivity contribution is 14.0. The number of anilines is 1. The predicted molar refractivity (Wildman–Crippen MR) is 112 cm³/mol. The lowest BCUT2D eigenvalue weighted by Gasteiger charge is -2.15. The lowest BCUT2D eigenvalue weighted by molar-refractivity contribution is -0.274. The summed E-state index contributed by atoms with van der Waals surface area (Å²) in [4.78, 5) is 15.7. The number of aliphatic imine (C=N–C) groups is 1. The molecule has 0 radical (unpaired) electrons. The highest BCUT2D eigenvalue weighted by atomic mass is 127. The van der Waals surface area contributed by atoms with Crippen molar-refractivity contribution in [1.82, 2.24) is 10.6 Å². The van der Waals surface area contributed by atoms with Crippen molar-refractivity contribution in [2.75, 3.05) is 18.9 Å². The molecule has 13 heteroatoms. The summed E-state index contributed by atoms with van der Waals surface area (Å²) in [5.74, 6) is -5.84. The van der Waals surface area contributed by atoms with Crippen LogP contribution in [0.1, 0.15) is 5.56 Å². The van der Waals surface area contributed by atoms with Gasteiger partial charge in [-0.3, -0.25) is 9.79 Å². The molecule has 0 heterocycles. The molecular formula is C18H17F6IN4O2. The highest BCUT2D eigenvalue weighted by Gasteiger charge is 2.31. The summed E-state index contributed by atoms with van der Waals surface area (Å²) >= 11 is 0. The summed E-state index contributed by atoms with van der Waals surface area (Å²) in [6.07, 6.45) is -4.86. The first-order valence-electron chi connectivity index (χ1n) is 8.32. The minimum atomic E-state index is -4.86. The average molecular weight is 562 g/mol. The Kier molecular flexibility index (Phi) is 9.87. The maximum absolute atomic E-state index is 13.6. The number of nitrogens with one attached hydrogen (secondary N) is 3. The average Bonchev–Trinajstić information content (AvgIpc) is 2.68. The number of amides is 1. The smallest absolute Gasteiger partial charge is 0.405 e. The molecular weight excluding hydrogens is 545 g/mol. The van der Waals surface area contributed by atoms with E-state index in [1.807, 2.05) is 0 Å². The van der Waals surface area contributed by atoms with E-state index < -0.39 is 47.7 Å². The van der Waals surface area contributed by atoms with Gasteiger partial charge in [0.05, 0.1) is 12.2 Å². The standard InChI is InChI=1S/C18H16F6N4O2.HI/c1-25-17(26-8-10-4-2-3-5-13(10)30-18(22,23)24)27-9-14(29)28-12-7-6-11(19)15(20)16(12)21;/h2-7H,8-9H2,1H3,(H,28,29)(H2,25,26,27);1H. The lowest BCUT2D eigenvalue weighted by Crippen LogP contribution is -2.41. The Morgan fingerprint density at radius 3 is 2.35 bits per heavy atom. The topological polar surface area (TPSA) is 74.8 Å². The number of guanidine groups is 1. The molecule has 2 aromatic rings. The molecule has 0 aliphatic carbocycles. The first-order valence-corrected chi connectivity index (χ1v) is 8.32. The van der Waals surface area contributed by atoms with Gasteiger partial charge in [0.2, 0.25) is 5.91 Å². The Bertz CT molecular complexity index is 940. The second kappa shape index (κ2) is 11.6. The van der Waals surface area contributed by atoms with E-state index >= 15 is 0 Å². The van der Waals surface area contributed by atoms with Crippen molar-refractivity contribution >= 4 is 41.5 Å². The van der Waals surface area contributed by atoms with Crippen LogP contribution in [0.3, 0.4) is 0 Å². The van der Waals surface area contributed by atoms with Gasteiger partial charge in [-0.25, -0.2) is 13.2 Å². The molecule has 2 rings (SSSR count). The molecule has 170 valence electrons. The van der Waals surface area contributed by atoms with Gasteiger partial charge in [0, 0.05) is 19.2 Å². The van der Waals surface area contributed by atoms with Gasteiger partial charge in [-0.05, 0) is 18.2 Å². The zero-order chi connectivity index (χ0) is 22.3. The third-order valence-corrected chi connectivity index (χ3v) is 3.59. The second-order valence-corrected chi connectivity index (χ2v) is 5.71. The molecule has 1 amide bonds. The van der Waals surface area contributed by atoms with Crippen LogP contribution in [0.2, 0.25) is 0 Å². The first kappa shape index (κ1) is 26.3. The second-order valence-electron chi connectivity index (χ2n) is 5.71. The fraction of sp³-hybridized carbons (Fsp3) is 0.222. The number of nitrogens with zero attached hydrogens (tertiary/aromatic N) is 1. The normalized spacial score (nSPS) is 11.4. The Labute approximate surface area is 190 Å². The SMILES string of the molecule is CN=C(NCC(=O)Nc1ccc(F)c(F)c1F)NCc1ccccc1OC(F)(F)F.I.